The first-order valence-electron chi connectivity index (χ1n) is 5.78. The lowest BCUT2D eigenvalue weighted by atomic mass is 9.92. The van der Waals surface area contributed by atoms with Crippen molar-refractivity contribution in [3.8, 4) is 0 Å². The van der Waals surface area contributed by atoms with Crippen LogP contribution in [0, 0.1) is 5.92 Å². The Morgan fingerprint density at radius 3 is 2.53 bits per heavy atom. The molecule has 1 rings (SSSR count). The molecule has 8 heteroatoms. The molecular formula is C11H18BrClN2O2S2. The van der Waals surface area contributed by atoms with E-state index in [2.05, 4.69) is 20.7 Å². The predicted octanol–water partition coefficient (Wildman–Crippen LogP) is 3.21. The van der Waals surface area contributed by atoms with Crippen molar-refractivity contribution >= 4 is 48.9 Å². The van der Waals surface area contributed by atoms with Crippen LogP contribution in [0.2, 0.25) is 5.02 Å². The molecule has 1 aromatic heterocycles. The summed E-state index contributed by atoms with van der Waals surface area (Å²) in [5.41, 5.74) is 5.06. The summed E-state index contributed by atoms with van der Waals surface area (Å²) in [7, 11) is -3.60. The predicted molar refractivity (Wildman–Crippen MR) is 84.3 cm³/mol. The van der Waals surface area contributed by atoms with Crippen LogP contribution < -0.4 is 10.5 Å². The number of thiophene rings is 1. The third kappa shape index (κ3) is 4.68. The van der Waals surface area contributed by atoms with Crippen LogP contribution in [-0.4, -0.2) is 20.5 Å². The van der Waals surface area contributed by atoms with Gasteiger partial charge in [-0.2, -0.15) is 0 Å². The van der Waals surface area contributed by atoms with Gasteiger partial charge in [0.1, 0.15) is 4.21 Å². The molecule has 0 aromatic carbocycles. The van der Waals surface area contributed by atoms with Crippen LogP contribution >= 0.6 is 38.9 Å². The highest BCUT2D eigenvalue weighted by atomic mass is 79.9. The van der Waals surface area contributed by atoms with Crippen LogP contribution in [0.15, 0.2) is 14.1 Å². The first-order valence-corrected chi connectivity index (χ1v) is 9.25. The van der Waals surface area contributed by atoms with Crippen LogP contribution in [0.3, 0.4) is 0 Å². The molecule has 4 nitrogen and oxygen atoms in total. The Morgan fingerprint density at radius 1 is 1.58 bits per heavy atom. The Hall–Kier alpha value is 0.340. The smallest absolute Gasteiger partial charge is 0.250 e. The topological polar surface area (TPSA) is 72.2 Å². The van der Waals surface area contributed by atoms with Gasteiger partial charge < -0.3 is 5.73 Å². The summed E-state index contributed by atoms with van der Waals surface area (Å²) < 4.78 is 28.1. The van der Waals surface area contributed by atoms with Gasteiger partial charge in [0.2, 0.25) is 0 Å². The van der Waals surface area contributed by atoms with Crippen LogP contribution in [0.25, 0.3) is 0 Å². The van der Waals surface area contributed by atoms with Crippen molar-refractivity contribution in [2.45, 2.75) is 36.9 Å². The molecular weight excluding hydrogens is 372 g/mol. The maximum absolute atomic E-state index is 12.3. The third-order valence-corrected chi connectivity index (χ3v) is 7.16. The second-order valence-electron chi connectivity index (χ2n) is 5.16. The zero-order chi connectivity index (χ0) is 14.8. The fourth-order valence-electron chi connectivity index (χ4n) is 1.90. The zero-order valence-corrected chi connectivity index (χ0v) is 15.0. The molecule has 0 aliphatic heterocycles. The van der Waals surface area contributed by atoms with E-state index in [4.69, 9.17) is 17.3 Å². The van der Waals surface area contributed by atoms with E-state index in [0.29, 0.717) is 21.1 Å². The van der Waals surface area contributed by atoms with Crippen LogP contribution in [0.5, 0.6) is 0 Å². The summed E-state index contributed by atoms with van der Waals surface area (Å²) in [6.45, 7) is 6.11. The molecule has 1 heterocycles. The zero-order valence-electron chi connectivity index (χ0n) is 11.0. The monoisotopic (exact) mass is 388 g/mol. The highest BCUT2D eigenvalue weighted by molar-refractivity contribution is 9.11. The molecule has 110 valence electrons. The summed E-state index contributed by atoms with van der Waals surface area (Å²) in [4.78, 5) is 0. The highest BCUT2D eigenvalue weighted by Crippen LogP contribution is 2.35. The van der Waals surface area contributed by atoms with Gasteiger partial charge in [-0.1, -0.05) is 25.4 Å². The highest BCUT2D eigenvalue weighted by Gasteiger charge is 2.31. The van der Waals surface area contributed by atoms with Crippen molar-refractivity contribution in [3.05, 3.63) is 14.9 Å². The molecule has 0 fully saturated rings. The Bertz CT molecular complexity index is 525. The number of hydrogen-bond donors (Lipinski definition) is 2. The van der Waals surface area contributed by atoms with Gasteiger partial charge in [0.05, 0.1) is 8.81 Å². The number of sulfonamides is 1. The molecule has 0 aliphatic rings. The molecule has 0 saturated heterocycles. The van der Waals surface area contributed by atoms with Gasteiger partial charge in [0.15, 0.2) is 0 Å². The van der Waals surface area contributed by atoms with Gasteiger partial charge >= 0.3 is 0 Å². The van der Waals surface area contributed by atoms with Gasteiger partial charge in [-0.3, -0.25) is 0 Å². The Labute approximate surface area is 131 Å². The molecule has 1 aromatic rings. The second kappa shape index (κ2) is 6.41. The minimum atomic E-state index is -3.60. The van der Waals surface area contributed by atoms with E-state index in [1.807, 2.05) is 20.8 Å². The molecule has 0 amide bonds. The van der Waals surface area contributed by atoms with Crippen molar-refractivity contribution < 1.29 is 8.42 Å². The summed E-state index contributed by atoms with van der Waals surface area (Å²) in [5, 5.41) is 0.392. The Kier molecular flexibility index (Phi) is 5.86. The van der Waals surface area contributed by atoms with Gasteiger partial charge in [-0.15, -0.1) is 11.3 Å². The SMILES string of the molecule is CC(C)CC(C)(CN)NS(=O)(=O)c1cc(Cl)c(Br)s1. The maximum atomic E-state index is 12.3. The summed E-state index contributed by atoms with van der Waals surface area (Å²) in [6.07, 6.45) is 0.670. The second-order valence-corrected chi connectivity index (χ2v) is 9.84. The van der Waals surface area contributed by atoms with Gasteiger partial charge in [-0.05, 0) is 41.3 Å². The lowest BCUT2D eigenvalue weighted by molar-refractivity contribution is 0.345. The van der Waals surface area contributed by atoms with E-state index in [0.717, 1.165) is 11.3 Å². The summed E-state index contributed by atoms with van der Waals surface area (Å²) in [6, 6.07) is 1.44. The quantitative estimate of drug-likeness (QED) is 0.784. The molecule has 0 saturated carbocycles. The molecule has 0 radical (unpaired) electrons. The Balaban J connectivity index is 3.01. The molecule has 0 bridgehead atoms. The van der Waals surface area contributed by atoms with Crippen molar-refractivity contribution in [1.29, 1.82) is 0 Å². The van der Waals surface area contributed by atoms with Crippen LogP contribution in [0.1, 0.15) is 27.2 Å². The first-order chi connectivity index (χ1) is 8.59. The molecule has 0 aliphatic carbocycles. The first kappa shape index (κ1) is 17.4. The summed E-state index contributed by atoms with van der Waals surface area (Å²) in [5.74, 6) is 0.343. The minimum Gasteiger partial charge on any atom is -0.329 e. The standard InChI is InChI=1S/C11H18BrClN2O2S2/c1-7(2)5-11(3,6-14)15-19(16,17)9-4-8(13)10(12)18-9/h4,7,15H,5-6,14H2,1-3H3. The van der Waals surface area contributed by atoms with Gasteiger partial charge in [-0.25, -0.2) is 13.1 Å². The molecule has 1 atom stereocenters. The van der Waals surface area contributed by atoms with Crippen molar-refractivity contribution in [2.75, 3.05) is 6.54 Å². The fraction of sp³-hybridized carbons (Fsp3) is 0.636. The van der Waals surface area contributed by atoms with E-state index in [9.17, 15) is 8.42 Å². The molecule has 1 unspecified atom stereocenters. The third-order valence-electron chi connectivity index (χ3n) is 2.58. The van der Waals surface area contributed by atoms with E-state index in [-0.39, 0.29) is 10.8 Å². The van der Waals surface area contributed by atoms with E-state index in [1.165, 1.54) is 6.07 Å². The number of nitrogens with two attached hydrogens (primary N) is 1. The van der Waals surface area contributed by atoms with Gasteiger partial charge in [0, 0.05) is 12.1 Å². The Morgan fingerprint density at radius 2 is 2.16 bits per heavy atom. The normalized spacial score (nSPS) is 15.7. The number of halogens is 2. The van der Waals surface area contributed by atoms with E-state index >= 15 is 0 Å². The largest absolute Gasteiger partial charge is 0.329 e. The molecule has 0 spiro atoms. The summed E-state index contributed by atoms with van der Waals surface area (Å²) >= 11 is 10.2. The number of rotatable bonds is 6. The lowest BCUT2D eigenvalue weighted by Crippen LogP contribution is -2.51. The maximum Gasteiger partial charge on any atom is 0.250 e. The number of hydrogen-bond acceptors (Lipinski definition) is 4. The van der Waals surface area contributed by atoms with Crippen molar-refractivity contribution in [2.24, 2.45) is 11.7 Å². The molecule has 3 N–H and O–H groups in total. The number of nitrogens with one attached hydrogen (secondary N) is 1. The lowest BCUT2D eigenvalue weighted by Gasteiger charge is -2.30. The van der Waals surface area contributed by atoms with E-state index < -0.39 is 15.6 Å². The van der Waals surface area contributed by atoms with Crippen LogP contribution in [-0.2, 0) is 10.0 Å². The average Bonchev–Trinajstić information content (AvgIpc) is 2.58. The van der Waals surface area contributed by atoms with Crippen molar-refractivity contribution in [3.63, 3.8) is 0 Å². The van der Waals surface area contributed by atoms with E-state index in [1.54, 1.807) is 0 Å². The van der Waals surface area contributed by atoms with Crippen LogP contribution in [0.4, 0.5) is 0 Å². The fourth-order valence-corrected chi connectivity index (χ4v) is 5.73. The average molecular weight is 390 g/mol. The minimum absolute atomic E-state index is 0.188. The van der Waals surface area contributed by atoms with Gasteiger partial charge in [0.25, 0.3) is 10.0 Å². The van der Waals surface area contributed by atoms with Crippen molar-refractivity contribution in [1.82, 2.24) is 4.72 Å². The molecule has 19 heavy (non-hydrogen) atoms.